The highest BCUT2D eigenvalue weighted by Gasteiger charge is 2.27. The van der Waals surface area contributed by atoms with Crippen LogP contribution in [0.15, 0.2) is 54.7 Å². The van der Waals surface area contributed by atoms with E-state index >= 15 is 0 Å². The van der Waals surface area contributed by atoms with Crippen molar-refractivity contribution >= 4 is 5.69 Å². The van der Waals surface area contributed by atoms with Crippen LogP contribution in [0.2, 0.25) is 0 Å². The molecule has 0 amide bonds. The van der Waals surface area contributed by atoms with Gasteiger partial charge in [0.2, 0.25) is 5.88 Å². The molecule has 1 fully saturated rings. The van der Waals surface area contributed by atoms with Gasteiger partial charge in [0.25, 0.3) is 0 Å². The maximum atomic E-state index is 9.92. The second-order valence-corrected chi connectivity index (χ2v) is 7.08. The smallest absolute Gasteiger partial charge is 0.216 e. The highest BCUT2D eigenvalue weighted by Crippen LogP contribution is 2.30. The molecule has 3 aromatic rings. The third kappa shape index (κ3) is 3.91. The van der Waals surface area contributed by atoms with Crippen LogP contribution in [0.4, 0.5) is 5.69 Å². The summed E-state index contributed by atoms with van der Waals surface area (Å²) in [6.45, 7) is 3.35. The van der Waals surface area contributed by atoms with Crippen LogP contribution in [0, 0.1) is 18.3 Å². The Morgan fingerprint density at radius 1 is 1.21 bits per heavy atom. The summed E-state index contributed by atoms with van der Waals surface area (Å²) in [5.74, 6) is 0.670. The van der Waals surface area contributed by atoms with Crippen LogP contribution in [-0.2, 0) is 6.61 Å². The molecule has 6 nitrogen and oxygen atoms in total. The van der Waals surface area contributed by atoms with E-state index in [1.165, 1.54) is 0 Å². The Bertz CT molecular complexity index is 1060. The number of hydrogen-bond acceptors (Lipinski definition) is 6. The first kappa shape index (κ1) is 18.9. The molecule has 1 atom stereocenters. The molecule has 146 valence electrons. The number of ether oxygens (including phenoxy) is 1. The normalized spacial score (nSPS) is 15.9. The maximum Gasteiger partial charge on any atom is 0.216 e. The molecule has 0 radical (unpaired) electrons. The molecule has 1 aliphatic rings. The van der Waals surface area contributed by atoms with Gasteiger partial charge in [-0.25, -0.2) is 9.97 Å². The molecule has 1 aliphatic heterocycles. The number of aryl methyl sites for hydroxylation is 1. The van der Waals surface area contributed by atoms with E-state index in [1.54, 1.807) is 12.3 Å². The molecule has 1 unspecified atom stereocenters. The molecule has 29 heavy (non-hydrogen) atoms. The lowest BCUT2D eigenvalue weighted by atomic mass is 10.0. The van der Waals surface area contributed by atoms with E-state index in [9.17, 15) is 10.4 Å². The molecular weight excluding hydrogens is 364 g/mol. The zero-order chi connectivity index (χ0) is 20.2. The van der Waals surface area contributed by atoms with E-state index in [4.69, 9.17) is 4.74 Å². The number of nitrogens with zero attached hydrogens (tertiary/aromatic N) is 4. The van der Waals surface area contributed by atoms with Gasteiger partial charge in [0.05, 0.1) is 41.9 Å². The number of pyridine rings is 2. The van der Waals surface area contributed by atoms with Crippen molar-refractivity contribution in [1.82, 2.24) is 9.97 Å². The van der Waals surface area contributed by atoms with Crippen molar-refractivity contribution in [3.63, 3.8) is 0 Å². The number of aliphatic hydroxyl groups is 1. The molecule has 3 heterocycles. The lowest BCUT2D eigenvalue weighted by Crippen LogP contribution is -2.26. The number of rotatable bonds is 5. The first-order valence-corrected chi connectivity index (χ1v) is 9.63. The maximum absolute atomic E-state index is 9.92. The van der Waals surface area contributed by atoms with Crippen LogP contribution in [-0.4, -0.2) is 34.3 Å². The van der Waals surface area contributed by atoms with Gasteiger partial charge in [-0.1, -0.05) is 24.3 Å². The standard InChI is InChI=1S/C23H22N4O2/c1-16-5-4-11-25-23(16)29-18-10-12-27(14-18)22-9-8-20(26-21(22)15-28)19-7-3-2-6-17(19)13-24/h2-9,11,18,28H,10,12,14-15H2,1H3. The van der Waals surface area contributed by atoms with Gasteiger partial charge in [-0.2, -0.15) is 5.26 Å². The topological polar surface area (TPSA) is 82.3 Å². The minimum atomic E-state index is -0.167. The average molecular weight is 386 g/mol. The highest BCUT2D eigenvalue weighted by atomic mass is 16.5. The first-order valence-electron chi connectivity index (χ1n) is 9.63. The Kier molecular flexibility index (Phi) is 5.41. The van der Waals surface area contributed by atoms with Crippen molar-refractivity contribution in [2.45, 2.75) is 26.1 Å². The average Bonchev–Trinajstić information content (AvgIpc) is 3.23. The first-order chi connectivity index (χ1) is 14.2. The van der Waals surface area contributed by atoms with Crippen LogP contribution < -0.4 is 9.64 Å². The van der Waals surface area contributed by atoms with E-state index < -0.39 is 0 Å². The summed E-state index contributed by atoms with van der Waals surface area (Å²) in [6, 6.07) is 17.3. The quantitative estimate of drug-likeness (QED) is 0.723. The number of hydrogen-bond donors (Lipinski definition) is 1. The number of benzene rings is 1. The van der Waals surface area contributed by atoms with Gasteiger partial charge in [0.15, 0.2) is 0 Å². The lowest BCUT2D eigenvalue weighted by Gasteiger charge is -2.22. The van der Waals surface area contributed by atoms with Crippen molar-refractivity contribution < 1.29 is 9.84 Å². The fourth-order valence-corrected chi connectivity index (χ4v) is 3.65. The number of aromatic nitrogens is 2. The van der Waals surface area contributed by atoms with Crippen LogP contribution in [0.5, 0.6) is 5.88 Å². The SMILES string of the molecule is Cc1cccnc1OC1CCN(c2ccc(-c3ccccc3C#N)nc2CO)C1. The predicted molar refractivity (Wildman–Crippen MR) is 111 cm³/mol. The van der Waals surface area contributed by atoms with E-state index in [0.717, 1.165) is 29.8 Å². The summed E-state index contributed by atoms with van der Waals surface area (Å²) in [4.78, 5) is 11.1. The van der Waals surface area contributed by atoms with Gasteiger partial charge in [0, 0.05) is 30.3 Å². The van der Waals surface area contributed by atoms with E-state index in [0.29, 0.717) is 29.4 Å². The minimum Gasteiger partial charge on any atom is -0.472 e. The van der Waals surface area contributed by atoms with Crippen molar-refractivity contribution in [2.75, 3.05) is 18.0 Å². The van der Waals surface area contributed by atoms with Crippen LogP contribution in [0.3, 0.4) is 0 Å². The molecule has 0 bridgehead atoms. The second kappa shape index (κ2) is 8.29. The molecule has 0 aliphatic carbocycles. The summed E-state index contributed by atoms with van der Waals surface area (Å²) in [5.41, 5.74) is 4.54. The van der Waals surface area contributed by atoms with E-state index in [-0.39, 0.29) is 12.7 Å². The summed E-state index contributed by atoms with van der Waals surface area (Å²) in [5, 5.41) is 19.3. The monoisotopic (exact) mass is 386 g/mol. The summed E-state index contributed by atoms with van der Waals surface area (Å²) >= 11 is 0. The third-order valence-corrected chi connectivity index (χ3v) is 5.15. The molecule has 6 heteroatoms. The fraction of sp³-hybridized carbons (Fsp3) is 0.261. The lowest BCUT2D eigenvalue weighted by molar-refractivity contribution is 0.214. The van der Waals surface area contributed by atoms with Crippen LogP contribution in [0.1, 0.15) is 23.2 Å². The molecule has 1 saturated heterocycles. The Balaban J connectivity index is 1.55. The summed E-state index contributed by atoms with van der Waals surface area (Å²) < 4.78 is 6.08. The highest BCUT2D eigenvalue weighted by molar-refractivity contribution is 5.69. The molecule has 0 spiro atoms. The Labute approximate surface area is 170 Å². The molecular formula is C23H22N4O2. The van der Waals surface area contributed by atoms with Crippen molar-refractivity contribution in [1.29, 1.82) is 5.26 Å². The zero-order valence-electron chi connectivity index (χ0n) is 16.2. The fourth-order valence-electron chi connectivity index (χ4n) is 3.65. The Morgan fingerprint density at radius 3 is 2.86 bits per heavy atom. The second-order valence-electron chi connectivity index (χ2n) is 7.08. The van der Waals surface area contributed by atoms with Crippen molar-refractivity contribution in [3.05, 3.63) is 71.5 Å². The van der Waals surface area contributed by atoms with E-state index in [1.807, 2.05) is 49.4 Å². The molecule has 1 N–H and O–H groups in total. The summed E-state index contributed by atoms with van der Waals surface area (Å²) in [7, 11) is 0. The van der Waals surface area contributed by atoms with Gasteiger partial charge >= 0.3 is 0 Å². The van der Waals surface area contributed by atoms with Gasteiger partial charge in [-0.3, -0.25) is 0 Å². The Hall–Kier alpha value is -3.43. The van der Waals surface area contributed by atoms with Gasteiger partial charge in [-0.05, 0) is 31.2 Å². The van der Waals surface area contributed by atoms with Crippen LogP contribution >= 0.6 is 0 Å². The van der Waals surface area contributed by atoms with E-state index in [2.05, 4.69) is 20.9 Å². The Morgan fingerprint density at radius 2 is 2.07 bits per heavy atom. The third-order valence-electron chi connectivity index (χ3n) is 5.15. The molecule has 0 saturated carbocycles. The summed E-state index contributed by atoms with van der Waals surface area (Å²) in [6.07, 6.45) is 2.65. The number of nitriles is 1. The molecule has 2 aromatic heterocycles. The largest absolute Gasteiger partial charge is 0.472 e. The van der Waals surface area contributed by atoms with Gasteiger partial charge in [-0.15, -0.1) is 0 Å². The van der Waals surface area contributed by atoms with Crippen molar-refractivity contribution in [3.8, 4) is 23.2 Å². The zero-order valence-corrected chi connectivity index (χ0v) is 16.2. The number of anilines is 1. The van der Waals surface area contributed by atoms with Crippen molar-refractivity contribution in [2.24, 2.45) is 0 Å². The van der Waals surface area contributed by atoms with Gasteiger partial charge in [0.1, 0.15) is 6.10 Å². The molecule has 4 rings (SSSR count). The minimum absolute atomic E-state index is 0.0362. The van der Waals surface area contributed by atoms with Crippen LogP contribution in [0.25, 0.3) is 11.3 Å². The van der Waals surface area contributed by atoms with Gasteiger partial charge < -0.3 is 14.7 Å². The predicted octanol–water partition coefficient (Wildman–Crippen LogP) is 3.47. The molecule has 1 aromatic carbocycles. The number of aliphatic hydroxyl groups excluding tert-OH is 1.